The van der Waals surface area contributed by atoms with Gasteiger partial charge in [-0.15, -0.1) is 0 Å². The van der Waals surface area contributed by atoms with Gasteiger partial charge in [0.25, 0.3) is 0 Å². The molecule has 10 aromatic carbocycles. The fourth-order valence-electron chi connectivity index (χ4n) is 13.2. The summed E-state index contributed by atoms with van der Waals surface area (Å²) in [6.07, 6.45) is 5.29. The van der Waals surface area contributed by atoms with E-state index in [4.69, 9.17) is 0 Å². The molecule has 0 N–H and O–H groups in total. The average Bonchev–Trinajstić information content (AvgIpc) is 3.82. The first-order valence-corrected chi connectivity index (χ1v) is 24.4. The third kappa shape index (κ3) is 6.07. The lowest BCUT2D eigenvalue weighted by atomic mass is 9.67. The minimum Gasteiger partial charge on any atom is -0.310 e. The van der Waals surface area contributed by atoms with Gasteiger partial charge in [0.05, 0.1) is 11.1 Å². The van der Waals surface area contributed by atoms with Gasteiger partial charge >= 0.3 is 0 Å². The lowest BCUT2D eigenvalue weighted by Crippen LogP contribution is -2.29. The van der Waals surface area contributed by atoms with Crippen molar-refractivity contribution in [1.29, 1.82) is 0 Å². The maximum Gasteiger partial charge on any atom is 0.0714 e. The number of rotatable bonds is 7. The maximum absolute atomic E-state index is 2.57. The minimum absolute atomic E-state index is 0.111. The van der Waals surface area contributed by atoms with Gasteiger partial charge in [0.1, 0.15) is 0 Å². The highest BCUT2D eigenvalue weighted by atomic mass is 15.1. The van der Waals surface area contributed by atoms with Crippen LogP contribution in [0.15, 0.2) is 224 Å². The normalized spacial score (nSPS) is 17.4. The Morgan fingerprint density at radius 2 is 0.970 bits per heavy atom. The second kappa shape index (κ2) is 15.6. The Hall–Kier alpha value is -7.48. The van der Waals surface area contributed by atoms with Crippen molar-refractivity contribution in [3.8, 4) is 33.4 Å². The Bertz CT molecular complexity index is 3460. The van der Waals surface area contributed by atoms with E-state index in [1.54, 1.807) is 5.56 Å². The largest absolute Gasteiger partial charge is 0.310 e. The van der Waals surface area contributed by atoms with Gasteiger partial charge in [0, 0.05) is 16.8 Å². The van der Waals surface area contributed by atoms with Crippen LogP contribution in [0, 0.1) is 5.92 Å². The molecule has 3 aliphatic rings. The molecule has 1 heteroatoms. The lowest BCUT2D eigenvalue weighted by molar-refractivity contribution is 0.233. The van der Waals surface area contributed by atoms with Gasteiger partial charge in [-0.05, 0) is 143 Å². The van der Waals surface area contributed by atoms with Crippen LogP contribution >= 0.6 is 0 Å². The molecule has 0 aliphatic heterocycles. The molecule has 3 aliphatic carbocycles. The van der Waals surface area contributed by atoms with E-state index in [0.717, 1.165) is 5.69 Å². The Labute approximate surface area is 395 Å². The number of fused-ring (bicyclic) bond motifs is 8. The SMILES string of the molecule is CC1(C)c2cc(N(c3ccc4c(c3)C(c3ccccc3)(c3ccccc3)c3cccc(-c5ccc(-c6cccc7ccccc67)cc5)c3-4)c3cccc4ccccc34)ccc2C2CCCCC21. The van der Waals surface area contributed by atoms with E-state index in [1.807, 2.05) is 0 Å². The smallest absolute Gasteiger partial charge is 0.0714 e. The van der Waals surface area contributed by atoms with Crippen molar-refractivity contribution in [3.63, 3.8) is 0 Å². The second-order valence-electron chi connectivity index (χ2n) is 19.9. The average molecular weight is 860 g/mol. The van der Waals surface area contributed by atoms with Gasteiger partial charge in [0.15, 0.2) is 0 Å². The maximum atomic E-state index is 2.57. The van der Waals surface area contributed by atoms with Crippen LogP contribution in [0.3, 0.4) is 0 Å². The summed E-state index contributed by atoms with van der Waals surface area (Å²) in [6, 6.07) is 84.7. The molecule has 1 saturated carbocycles. The molecule has 67 heavy (non-hydrogen) atoms. The molecular weight excluding hydrogens is 807 g/mol. The van der Waals surface area contributed by atoms with Crippen molar-refractivity contribution in [3.05, 3.63) is 258 Å². The zero-order valence-corrected chi connectivity index (χ0v) is 38.3. The molecule has 2 unspecified atom stereocenters. The molecule has 0 aromatic heterocycles. The van der Waals surface area contributed by atoms with E-state index in [2.05, 4.69) is 243 Å². The van der Waals surface area contributed by atoms with Crippen LogP contribution in [0.5, 0.6) is 0 Å². The van der Waals surface area contributed by atoms with E-state index in [0.29, 0.717) is 11.8 Å². The first kappa shape index (κ1) is 39.8. The van der Waals surface area contributed by atoms with E-state index >= 15 is 0 Å². The Kier molecular flexibility index (Phi) is 9.26. The number of nitrogens with zero attached hydrogens (tertiary/aromatic N) is 1. The zero-order valence-electron chi connectivity index (χ0n) is 38.3. The first-order chi connectivity index (χ1) is 33.0. The van der Waals surface area contributed by atoms with Gasteiger partial charge in [-0.1, -0.05) is 221 Å². The second-order valence-corrected chi connectivity index (χ2v) is 19.9. The van der Waals surface area contributed by atoms with Crippen LogP contribution in [0.1, 0.15) is 78.8 Å². The predicted octanol–water partition coefficient (Wildman–Crippen LogP) is 17.7. The van der Waals surface area contributed by atoms with Crippen molar-refractivity contribution in [2.24, 2.45) is 5.92 Å². The lowest BCUT2D eigenvalue weighted by Gasteiger charge is -2.35. The number of hydrogen-bond donors (Lipinski definition) is 0. The quantitative estimate of drug-likeness (QED) is 0.154. The van der Waals surface area contributed by atoms with E-state index < -0.39 is 5.41 Å². The number of hydrogen-bond acceptors (Lipinski definition) is 1. The molecule has 1 fully saturated rings. The highest BCUT2D eigenvalue weighted by Gasteiger charge is 2.49. The van der Waals surface area contributed by atoms with Crippen LogP contribution in [-0.2, 0) is 10.8 Å². The summed E-state index contributed by atoms with van der Waals surface area (Å²) in [4.78, 5) is 2.57. The fourth-order valence-corrected chi connectivity index (χ4v) is 13.2. The van der Waals surface area contributed by atoms with E-state index in [-0.39, 0.29) is 5.41 Å². The van der Waals surface area contributed by atoms with E-state index in [9.17, 15) is 0 Å². The molecular formula is C66H53N. The Balaban J connectivity index is 1.05. The predicted molar refractivity (Wildman–Crippen MR) is 282 cm³/mol. The third-order valence-electron chi connectivity index (χ3n) is 16.2. The van der Waals surface area contributed by atoms with E-state index in [1.165, 1.54) is 120 Å². The topological polar surface area (TPSA) is 3.24 Å². The number of benzene rings is 10. The van der Waals surface area contributed by atoms with Crippen LogP contribution in [0.2, 0.25) is 0 Å². The van der Waals surface area contributed by atoms with Gasteiger partial charge in [0.2, 0.25) is 0 Å². The van der Waals surface area contributed by atoms with Crippen LogP contribution in [-0.4, -0.2) is 0 Å². The molecule has 10 aromatic rings. The van der Waals surface area contributed by atoms with Crippen molar-refractivity contribution in [2.75, 3.05) is 4.90 Å². The molecule has 0 spiro atoms. The summed E-state index contributed by atoms with van der Waals surface area (Å²) in [6.45, 7) is 5.03. The molecule has 0 heterocycles. The monoisotopic (exact) mass is 859 g/mol. The molecule has 0 saturated heterocycles. The van der Waals surface area contributed by atoms with Crippen molar-refractivity contribution in [2.45, 2.75) is 56.3 Å². The van der Waals surface area contributed by atoms with Crippen molar-refractivity contribution >= 4 is 38.6 Å². The molecule has 1 nitrogen and oxygen atoms in total. The summed E-state index contributed by atoms with van der Waals surface area (Å²) < 4.78 is 0. The van der Waals surface area contributed by atoms with Gasteiger partial charge in [-0.25, -0.2) is 0 Å². The standard InChI is InChI=1S/C66H53N/c1-65(2)59-31-14-13-28-56(59)57-40-38-50(42-61(57)65)67(63-33-16-21-45-19-10-12-27-54(45)63)51-39-41-58-62(43-51)66(48-22-5-3-6-23-48,49-24-7-4-8-25-49)60-32-17-30-55(64(58)60)47-36-34-46(35-37-47)53-29-15-20-44-18-9-11-26-52(44)53/h3-12,15-27,29-30,32-43,56,59H,13-14,28,31H2,1-2H3. The highest BCUT2D eigenvalue weighted by Crippen LogP contribution is 2.61. The summed E-state index contributed by atoms with van der Waals surface area (Å²) in [7, 11) is 0. The molecule has 0 radical (unpaired) electrons. The minimum atomic E-state index is -0.581. The molecule has 0 bridgehead atoms. The number of anilines is 3. The highest BCUT2D eigenvalue weighted by molar-refractivity contribution is 6.02. The molecule has 0 amide bonds. The van der Waals surface area contributed by atoms with Gasteiger partial charge in [-0.2, -0.15) is 0 Å². The summed E-state index contributed by atoms with van der Waals surface area (Å²) in [5, 5.41) is 5.02. The van der Waals surface area contributed by atoms with Crippen molar-refractivity contribution in [1.82, 2.24) is 0 Å². The van der Waals surface area contributed by atoms with Crippen LogP contribution in [0.25, 0.3) is 54.9 Å². The first-order valence-electron chi connectivity index (χ1n) is 24.4. The zero-order chi connectivity index (χ0) is 44.7. The van der Waals surface area contributed by atoms with Gasteiger partial charge in [-0.3, -0.25) is 0 Å². The van der Waals surface area contributed by atoms with Crippen LogP contribution < -0.4 is 4.90 Å². The summed E-state index contributed by atoms with van der Waals surface area (Å²) in [5.74, 6) is 1.34. The van der Waals surface area contributed by atoms with Crippen LogP contribution in [0.4, 0.5) is 17.1 Å². The summed E-state index contributed by atoms with van der Waals surface area (Å²) >= 11 is 0. The molecule has 2 atom stereocenters. The Morgan fingerprint density at radius 1 is 0.418 bits per heavy atom. The Morgan fingerprint density at radius 3 is 1.70 bits per heavy atom. The fraction of sp³-hybridized carbons (Fsp3) is 0.152. The third-order valence-corrected chi connectivity index (χ3v) is 16.2. The van der Waals surface area contributed by atoms with Crippen molar-refractivity contribution < 1.29 is 0 Å². The summed E-state index contributed by atoms with van der Waals surface area (Å²) in [5.41, 5.74) is 18.9. The van der Waals surface area contributed by atoms with Gasteiger partial charge < -0.3 is 4.90 Å². The molecule has 13 rings (SSSR count). The molecule has 322 valence electrons.